The van der Waals surface area contributed by atoms with Crippen LogP contribution in [0.15, 0.2) is 47.6 Å². The smallest absolute Gasteiger partial charge is 0.406 e. The van der Waals surface area contributed by atoms with E-state index in [0.29, 0.717) is 6.67 Å². The number of hydrogen-bond donors (Lipinski definition) is 1. The molecule has 1 saturated heterocycles. The van der Waals surface area contributed by atoms with Crippen LogP contribution in [-0.4, -0.2) is 54.9 Å². The number of nitrogens with one attached hydrogen (secondary N) is 1. The van der Waals surface area contributed by atoms with Crippen LogP contribution in [0, 0.1) is 0 Å². The Morgan fingerprint density at radius 3 is 2.64 bits per heavy atom. The highest BCUT2D eigenvalue weighted by atomic mass is 19.4. The zero-order valence-electron chi connectivity index (χ0n) is 15.1. The maximum absolute atomic E-state index is 12.3. The average molecular weight is 391 g/mol. The molecule has 4 rings (SSSR count). The number of amidine groups is 1. The second-order valence-corrected chi connectivity index (χ2v) is 6.71. The summed E-state index contributed by atoms with van der Waals surface area (Å²) in [6, 6.07) is 10.0. The number of hydrogen-bond acceptors (Lipinski definition) is 6. The van der Waals surface area contributed by atoms with E-state index in [1.807, 2.05) is 12.1 Å². The molecule has 1 aromatic carbocycles. The van der Waals surface area contributed by atoms with E-state index in [1.54, 1.807) is 18.3 Å². The minimum absolute atomic E-state index is 0.208. The summed E-state index contributed by atoms with van der Waals surface area (Å²) in [4.78, 5) is 13.2. The molecule has 148 valence electrons. The van der Waals surface area contributed by atoms with Gasteiger partial charge in [0.05, 0.1) is 13.2 Å². The molecule has 0 atom stereocenters. The van der Waals surface area contributed by atoms with Gasteiger partial charge in [0.1, 0.15) is 17.3 Å². The van der Waals surface area contributed by atoms with E-state index in [4.69, 9.17) is 0 Å². The number of nitrogens with zero attached hydrogens (tertiary/aromatic N) is 4. The molecule has 0 radical (unpaired) electrons. The summed E-state index contributed by atoms with van der Waals surface area (Å²) in [7, 11) is 0. The Kier molecular flexibility index (Phi) is 5.08. The second-order valence-electron chi connectivity index (χ2n) is 6.71. The van der Waals surface area contributed by atoms with Crippen molar-refractivity contribution >= 4 is 11.5 Å². The quantitative estimate of drug-likeness (QED) is 0.849. The van der Waals surface area contributed by atoms with Crippen LogP contribution in [-0.2, 0) is 6.54 Å². The summed E-state index contributed by atoms with van der Waals surface area (Å²) in [5.74, 6) is 0.631. The zero-order valence-corrected chi connectivity index (χ0v) is 15.1. The van der Waals surface area contributed by atoms with Crippen molar-refractivity contribution in [3.05, 3.63) is 53.9 Å². The average Bonchev–Trinajstić information content (AvgIpc) is 3.33. The Hall–Kier alpha value is -2.81. The molecule has 0 saturated carbocycles. The summed E-state index contributed by atoms with van der Waals surface area (Å²) in [6.07, 6.45) is -2.88. The Morgan fingerprint density at radius 2 is 1.93 bits per heavy atom. The SMILES string of the molecule is FC(F)(F)Oc1ccc(N2CCN(Cc3ccnc(C4=NCCN4)c3)C2)cc1. The number of alkyl halides is 3. The molecule has 2 aliphatic rings. The van der Waals surface area contributed by atoms with Crippen LogP contribution in [0.4, 0.5) is 18.9 Å². The molecule has 1 aromatic heterocycles. The standard InChI is InChI=1S/C19H20F3N5O/c20-19(21,22)28-16-3-1-15(2-4-16)27-10-9-26(13-27)12-14-5-6-23-17(11-14)18-24-7-8-25-18/h1-6,11H,7-10,12-13H2,(H,24,25). The fourth-order valence-corrected chi connectivity index (χ4v) is 3.37. The molecule has 0 amide bonds. The lowest BCUT2D eigenvalue weighted by molar-refractivity contribution is -0.274. The molecule has 0 aliphatic carbocycles. The molecule has 0 bridgehead atoms. The third-order valence-electron chi connectivity index (χ3n) is 4.64. The van der Waals surface area contributed by atoms with Gasteiger partial charge < -0.3 is 15.0 Å². The topological polar surface area (TPSA) is 53.0 Å². The van der Waals surface area contributed by atoms with Crippen molar-refractivity contribution in [2.24, 2.45) is 4.99 Å². The third-order valence-corrected chi connectivity index (χ3v) is 4.64. The number of ether oxygens (including phenoxy) is 1. The van der Waals surface area contributed by atoms with Gasteiger partial charge in [0.25, 0.3) is 0 Å². The summed E-state index contributed by atoms with van der Waals surface area (Å²) in [5, 5.41) is 3.23. The molecular formula is C19H20F3N5O. The van der Waals surface area contributed by atoms with Crippen molar-refractivity contribution in [2.75, 3.05) is 37.7 Å². The van der Waals surface area contributed by atoms with E-state index in [2.05, 4.69) is 29.8 Å². The van der Waals surface area contributed by atoms with E-state index < -0.39 is 6.36 Å². The zero-order chi connectivity index (χ0) is 19.6. The molecule has 9 heteroatoms. The largest absolute Gasteiger partial charge is 0.573 e. The monoisotopic (exact) mass is 391 g/mol. The lowest BCUT2D eigenvalue weighted by atomic mass is 10.2. The molecular weight excluding hydrogens is 371 g/mol. The molecule has 6 nitrogen and oxygen atoms in total. The van der Waals surface area contributed by atoms with E-state index >= 15 is 0 Å². The number of aromatic nitrogens is 1. The second kappa shape index (κ2) is 7.67. The van der Waals surface area contributed by atoms with Crippen molar-refractivity contribution in [2.45, 2.75) is 12.9 Å². The summed E-state index contributed by atoms with van der Waals surface area (Å²) < 4.78 is 40.7. The van der Waals surface area contributed by atoms with E-state index in [1.165, 1.54) is 12.1 Å². The highest BCUT2D eigenvalue weighted by Gasteiger charge is 2.31. The van der Waals surface area contributed by atoms with Gasteiger partial charge in [-0.05, 0) is 42.0 Å². The Bertz CT molecular complexity index is 853. The first kappa shape index (κ1) is 18.5. The van der Waals surface area contributed by atoms with Gasteiger partial charge >= 0.3 is 6.36 Å². The maximum atomic E-state index is 12.3. The van der Waals surface area contributed by atoms with Gasteiger partial charge in [0.15, 0.2) is 0 Å². The molecule has 1 fully saturated rings. The van der Waals surface area contributed by atoms with Crippen molar-refractivity contribution in [1.29, 1.82) is 0 Å². The van der Waals surface area contributed by atoms with Crippen LogP contribution in [0.3, 0.4) is 0 Å². The molecule has 0 unspecified atom stereocenters. The molecule has 28 heavy (non-hydrogen) atoms. The minimum Gasteiger partial charge on any atom is -0.406 e. The number of rotatable bonds is 5. The number of pyridine rings is 1. The Morgan fingerprint density at radius 1 is 1.11 bits per heavy atom. The van der Waals surface area contributed by atoms with E-state index in [-0.39, 0.29) is 5.75 Å². The van der Waals surface area contributed by atoms with Gasteiger partial charge in [-0.15, -0.1) is 13.2 Å². The number of halogens is 3. The summed E-state index contributed by atoms with van der Waals surface area (Å²) in [5.41, 5.74) is 2.88. The number of aliphatic imine (C=N–C) groups is 1. The number of anilines is 1. The maximum Gasteiger partial charge on any atom is 0.573 e. The van der Waals surface area contributed by atoms with Crippen LogP contribution in [0.2, 0.25) is 0 Å². The lowest BCUT2D eigenvalue weighted by Gasteiger charge is -2.20. The lowest BCUT2D eigenvalue weighted by Crippen LogP contribution is -2.25. The number of benzene rings is 1. The summed E-state index contributed by atoms with van der Waals surface area (Å²) >= 11 is 0. The highest BCUT2D eigenvalue weighted by Crippen LogP contribution is 2.26. The third kappa shape index (κ3) is 4.53. The Balaban J connectivity index is 1.36. The van der Waals surface area contributed by atoms with Gasteiger partial charge in [-0.25, -0.2) is 0 Å². The van der Waals surface area contributed by atoms with E-state index in [0.717, 1.165) is 55.5 Å². The first-order valence-electron chi connectivity index (χ1n) is 9.03. The molecule has 0 spiro atoms. The van der Waals surface area contributed by atoms with Crippen molar-refractivity contribution in [3.63, 3.8) is 0 Å². The van der Waals surface area contributed by atoms with E-state index in [9.17, 15) is 13.2 Å². The fourth-order valence-electron chi connectivity index (χ4n) is 3.37. The van der Waals surface area contributed by atoms with Crippen molar-refractivity contribution in [3.8, 4) is 5.75 Å². The minimum atomic E-state index is -4.67. The first-order chi connectivity index (χ1) is 13.5. The van der Waals surface area contributed by atoms with Gasteiger partial charge in [-0.1, -0.05) is 0 Å². The summed E-state index contributed by atoms with van der Waals surface area (Å²) in [6.45, 7) is 4.78. The molecule has 2 aromatic rings. The van der Waals surface area contributed by atoms with Crippen LogP contribution in [0.25, 0.3) is 0 Å². The molecule has 3 heterocycles. The highest BCUT2D eigenvalue weighted by molar-refractivity contribution is 5.98. The van der Waals surface area contributed by atoms with Crippen LogP contribution in [0.1, 0.15) is 11.3 Å². The Labute approximate surface area is 160 Å². The normalized spacial score (nSPS) is 17.5. The van der Waals surface area contributed by atoms with Gasteiger partial charge in [-0.2, -0.15) is 0 Å². The van der Waals surface area contributed by atoms with Crippen molar-refractivity contribution in [1.82, 2.24) is 15.2 Å². The van der Waals surface area contributed by atoms with Gasteiger partial charge in [-0.3, -0.25) is 14.9 Å². The fraction of sp³-hybridized carbons (Fsp3) is 0.368. The van der Waals surface area contributed by atoms with Crippen LogP contribution in [0.5, 0.6) is 5.75 Å². The molecule has 1 N–H and O–H groups in total. The predicted molar refractivity (Wildman–Crippen MR) is 99.4 cm³/mol. The van der Waals surface area contributed by atoms with Crippen LogP contribution >= 0.6 is 0 Å². The predicted octanol–water partition coefficient (Wildman–Crippen LogP) is 2.61. The van der Waals surface area contributed by atoms with Gasteiger partial charge in [0, 0.05) is 38.1 Å². The van der Waals surface area contributed by atoms with Gasteiger partial charge in [0.2, 0.25) is 0 Å². The molecule has 2 aliphatic heterocycles. The first-order valence-corrected chi connectivity index (χ1v) is 9.03. The van der Waals surface area contributed by atoms with Crippen LogP contribution < -0.4 is 15.0 Å². The van der Waals surface area contributed by atoms with Crippen molar-refractivity contribution < 1.29 is 17.9 Å².